The highest BCUT2D eigenvalue weighted by Crippen LogP contribution is 2.39. The molecule has 1 aliphatic rings. The minimum Gasteiger partial charge on any atom is -0.456 e. The van der Waals surface area contributed by atoms with Gasteiger partial charge in [0, 0.05) is 16.7 Å². The SMILES string of the molecule is N#CC(C#N)=C(N)/C(C#N)=C1\C=C(c2ccccc2)Oc2ccccc21. The standard InChI is InChI=1S/C21H12N4O/c22-11-15(12-23)21(25)18(13-24)17-10-20(14-6-2-1-3-7-14)26-19-9-5-4-8-16(17)19/h1-10H,25H2/b18-17+. The van der Waals surface area contributed by atoms with Gasteiger partial charge in [0.2, 0.25) is 0 Å². The number of fused-ring (bicyclic) bond motifs is 1. The van der Waals surface area contributed by atoms with Crippen LogP contribution in [0, 0.1) is 34.0 Å². The van der Waals surface area contributed by atoms with Crippen LogP contribution in [0.3, 0.4) is 0 Å². The van der Waals surface area contributed by atoms with Crippen LogP contribution in [0.15, 0.2) is 77.5 Å². The van der Waals surface area contributed by atoms with Gasteiger partial charge in [-0.25, -0.2) is 0 Å². The van der Waals surface area contributed by atoms with E-state index in [1.807, 2.05) is 48.5 Å². The van der Waals surface area contributed by atoms with Crippen molar-refractivity contribution in [2.24, 2.45) is 5.73 Å². The molecule has 2 aromatic rings. The highest BCUT2D eigenvalue weighted by atomic mass is 16.5. The lowest BCUT2D eigenvalue weighted by atomic mass is 9.93. The third-order valence-electron chi connectivity index (χ3n) is 3.87. The number of benzene rings is 2. The Bertz CT molecular complexity index is 1070. The van der Waals surface area contributed by atoms with Crippen molar-refractivity contribution < 1.29 is 4.74 Å². The van der Waals surface area contributed by atoms with E-state index in [2.05, 4.69) is 0 Å². The minimum atomic E-state index is -0.298. The Morgan fingerprint density at radius 1 is 0.846 bits per heavy atom. The fourth-order valence-corrected chi connectivity index (χ4v) is 2.62. The molecule has 0 bridgehead atoms. The molecule has 26 heavy (non-hydrogen) atoms. The molecule has 1 heterocycles. The van der Waals surface area contributed by atoms with Gasteiger partial charge in [-0.15, -0.1) is 0 Å². The van der Waals surface area contributed by atoms with Crippen LogP contribution in [0.5, 0.6) is 5.75 Å². The first kappa shape index (κ1) is 16.6. The zero-order valence-corrected chi connectivity index (χ0v) is 13.6. The lowest BCUT2D eigenvalue weighted by Crippen LogP contribution is -2.09. The van der Waals surface area contributed by atoms with Gasteiger partial charge in [0.15, 0.2) is 5.57 Å². The van der Waals surface area contributed by atoms with Crippen LogP contribution < -0.4 is 10.5 Å². The van der Waals surface area contributed by atoms with Crippen LogP contribution in [0.1, 0.15) is 11.1 Å². The summed E-state index contributed by atoms with van der Waals surface area (Å²) in [6.07, 6.45) is 1.70. The molecule has 0 radical (unpaired) electrons. The summed E-state index contributed by atoms with van der Waals surface area (Å²) in [5.41, 5.74) is 7.58. The van der Waals surface area contributed by atoms with E-state index in [0.717, 1.165) is 5.56 Å². The van der Waals surface area contributed by atoms with Crippen molar-refractivity contribution in [2.45, 2.75) is 0 Å². The van der Waals surface area contributed by atoms with E-state index in [4.69, 9.17) is 21.0 Å². The highest BCUT2D eigenvalue weighted by molar-refractivity contribution is 5.92. The van der Waals surface area contributed by atoms with Crippen molar-refractivity contribution in [1.29, 1.82) is 15.8 Å². The summed E-state index contributed by atoms with van der Waals surface area (Å²) in [6.45, 7) is 0. The van der Waals surface area contributed by atoms with E-state index >= 15 is 0 Å². The average Bonchev–Trinajstić information content (AvgIpc) is 2.70. The van der Waals surface area contributed by atoms with Crippen molar-refractivity contribution in [3.63, 3.8) is 0 Å². The van der Waals surface area contributed by atoms with Crippen LogP contribution in [0.2, 0.25) is 0 Å². The molecule has 3 rings (SSSR count). The van der Waals surface area contributed by atoms with Crippen LogP contribution >= 0.6 is 0 Å². The second-order valence-electron chi connectivity index (χ2n) is 5.39. The molecule has 0 saturated heterocycles. The number of allylic oxidation sites excluding steroid dienone is 4. The molecular formula is C21H12N4O. The molecular weight excluding hydrogens is 324 g/mol. The van der Waals surface area contributed by atoms with E-state index in [0.29, 0.717) is 22.6 Å². The molecule has 0 fully saturated rings. The van der Waals surface area contributed by atoms with Gasteiger partial charge in [-0.1, -0.05) is 48.5 Å². The summed E-state index contributed by atoms with van der Waals surface area (Å²) in [5.74, 6) is 1.12. The molecule has 0 atom stereocenters. The van der Waals surface area contributed by atoms with Gasteiger partial charge in [0.1, 0.15) is 29.7 Å². The lowest BCUT2D eigenvalue weighted by molar-refractivity contribution is 0.509. The summed E-state index contributed by atoms with van der Waals surface area (Å²) >= 11 is 0. The molecule has 0 amide bonds. The monoisotopic (exact) mass is 336 g/mol. The van der Waals surface area contributed by atoms with E-state index in [1.54, 1.807) is 30.3 Å². The molecule has 0 spiro atoms. The molecule has 0 aliphatic carbocycles. The van der Waals surface area contributed by atoms with Gasteiger partial charge >= 0.3 is 0 Å². The second-order valence-corrected chi connectivity index (χ2v) is 5.39. The summed E-state index contributed by atoms with van der Waals surface area (Å²) in [4.78, 5) is 0. The Balaban J connectivity index is 2.32. The first-order valence-electron chi connectivity index (χ1n) is 7.68. The van der Waals surface area contributed by atoms with Crippen molar-refractivity contribution in [2.75, 3.05) is 0 Å². The van der Waals surface area contributed by atoms with Gasteiger partial charge in [-0.2, -0.15) is 15.8 Å². The van der Waals surface area contributed by atoms with Gasteiger partial charge in [-0.05, 0) is 12.1 Å². The molecule has 5 heteroatoms. The number of nitrogens with two attached hydrogens (primary N) is 1. The molecule has 0 aromatic heterocycles. The maximum absolute atomic E-state index is 9.66. The Morgan fingerprint density at radius 3 is 2.15 bits per heavy atom. The van der Waals surface area contributed by atoms with Crippen molar-refractivity contribution in [1.82, 2.24) is 0 Å². The topological polar surface area (TPSA) is 107 Å². The smallest absolute Gasteiger partial charge is 0.153 e. The zero-order chi connectivity index (χ0) is 18.5. The Kier molecular flexibility index (Phi) is 4.52. The molecule has 2 aromatic carbocycles. The molecule has 2 N–H and O–H groups in total. The van der Waals surface area contributed by atoms with E-state index in [-0.39, 0.29) is 16.8 Å². The number of para-hydroxylation sites is 1. The maximum atomic E-state index is 9.66. The van der Waals surface area contributed by atoms with E-state index < -0.39 is 0 Å². The number of rotatable bonds is 2. The lowest BCUT2D eigenvalue weighted by Gasteiger charge is -2.21. The van der Waals surface area contributed by atoms with Crippen molar-refractivity contribution in [3.8, 4) is 24.0 Å². The van der Waals surface area contributed by atoms with Gasteiger partial charge in [-0.3, -0.25) is 0 Å². The quantitative estimate of drug-likeness (QED) is 0.842. The largest absolute Gasteiger partial charge is 0.456 e. The number of nitriles is 3. The second kappa shape index (κ2) is 7.09. The number of nitrogens with zero attached hydrogens (tertiary/aromatic N) is 3. The highest BCUT2D eigenvalue weighted by Gasteiger charge is 2.22. The minimum absolute atomic E-state index is 0.0623. The Morgan fingerprint density at radius 2 is 1.50 bits per heavy atom. The zero-order valence-electron chi connectivity index (χ0n) is 13.6. The molecule has 0 unspecified atom stereocenters. The summed E-state index contributed by atoms with van der Waals surface area (Å²) in [7, 11) is 0. The molecule has 1 aliphatic heterocycles. The fourth-order valence-electron chi connectivity index (χ4n) is 2.62. The molecule has 0 saturated carbocycles. The van der Waals surface area contributed by atoms with Crippen molar-refractivity contribution >= 4 is 11.3 Å². The van der Waals surface area contributed by atoms with Crippen LogP contribution in [-0.2, 0) is 0 Å². The van der Waals surface area contributed by atoms with Gasteiger partial charge < -0.3 is 10.5 Å². The third kappa shape index (κ3) is 2.91. The Hall–Kier alpha value is -4.27. The first-order valence-corrected chi connectivity index (χ1v) is 7.68. The molecule has 122 valence electrons. The van der Waals surface area contributed by atoms with Gasteiger partial charge in [0.25, 0.3) is 0 Å². The van der Waals surface area contributed by atoms with Crippen LogP contribution in [0.4, 0.5) is 0 Å². The summed E-state index contributed by atoms with van der Waals surface area (Å²) in [5, 5.41) is 27.8. The predicted molar refractivity (Wildman–Crippen MR) is 96.5 cm³/mol. The number of hydrogen-bond acceptors (Lipinski definition) is 5. The van der Waals surface area contributed by atoms with Gasteiger partial charge in [0.05, 0.1) is 11.3 Å². The van der Waals surface area contributed by atoms with Crippen LogP contribution in [-0.4, -0.2) is 0 Å². The Labute approximate surface area is 150 Å². The third-order valence-corrected chi connectivity index (χ3v) is 3.87. The number of ether oxygens (including phenoxy) is 1. The average molecular weight is 336 g/mol. The van der Waals surface area contributed by atoms with Crippen molar-refractivity contribution in [3.05, 3.63) is 88.6 Å². The van der Waals surface area contributed by atoms with E-state index in [9.17, 15) is 5.26 Å². The summed E-state index contributed by atoms with van der Waals surface area (Å²) < 4.78 is 5.97. The predicted octanol–water partition coefficient (Wildman–Crippen LogP) is 3.66. The number of hydrogen-bond donors (Lipinski definition) is 1. The first-order chi connectivity index (χ1) is 12.7. The normalized spacial score (nSPS) is 13.7. The molecule has 5 nitrogen and oxygen atoms in total. The van der Waals surface area contributed by atoms with Crippen LogP contribution in [0.25, 0.3) is 11.3 Å². The fraction of sp³-hybridized carbons (Fsp3) is 0. The summed E-state index contributed by atoms with van der Waals surface area (Å²) in [6, 6.07) is 22.1. The maximum Gasteiger partial charge on any atom is 0.153 e. The van der Waals surface area contributed by atoms with E-state index in [1.165, 1.54) is 0 Å².